The normalized spacial score (nSPS) is 19.1. The van der Waals surface area contributed by atoms with Crippen molar-refractivity contribution in [2.24, 2.45) is 12.0 Å². The second-order valence-electron chi connectivity index (χ2n) is 7.83. The van der Waals surface area contributed by atoms with Gasteiger partial charge in [-0.15, -0.1) is 0 Å². The number of aryl methyl sites for hydroxylation is 1. The molecule has 1 unspecified atom stereocenters. The Morgan fingerprint density at radius 2 is 1.88 bits per heavy atom. The molecule has 3 aromatic rings. The summed E-state index contributed by atoms with van der Waals surface area (Å²) in [6.45, 7) is 2.75. The van der Waals surface area contributed by atoms with Gasteiger partial charge in [-0.25, -0.2) is 4.99 Å². The number of ether oxygens (including phenoxy) is 1. The summed E-state index contributed by atoms with van der Waals surface area (Å²) in [6, 6.07) is 13.7. The van der Waals surface area contributed by atoms with Gasteiger partial charge in [0.05, 0.1) is 30.2 Å². The summed E-state index contributed by atoms with van der Waals surface area (Å²) in [7, 11) is 1.90. The molecule has 1 aromatic carbocycles. The van der Waals surface area contributed by atoms with Crippen LogP contribution in [0.4, 0.5) is 11.4 Å². The minimum atomic E-state index is -0.341. The zero-order valence-corrected chi connectivity index (χ0v) is 18.3. The molecule has 5 rings (SSSR count). The van der Waals surface area contributed by atoms with E-state index in [1.807, 2.05) is 61.9 Å². The van der Waals surface area contributed by atoms with Gasteiger partial charge in [-0.1, -0.05) is 18.2 Å². The van der Waals surface area contributed by atoms with Crippen molar-refractivity contribution >= 4 is 23.5 Å². The molecule has 0 spiro atoms. The van der Waals surface area contributed by atoms with E-state index in [1.54, 1.807) is 17.1 Å². The Labute approximate surface area is 192 Å². The Morgan fingerprint density at radius 1 is 1.09 bits per heavy atom. The van der Waals surface area contributed by atoms with Gasteiger partial charge < -0.3 is 15.0 Å². The SMILES string of the molecule is Cn1ccc(-c2ccccc2N2C=C(C=O)C(Nc3ccncc3)=NC2N2CCOCC2)n1. The van der Waals surface area contributed by atoms with Crippen LogP contribution in [-0.2, 0) is 16.6 Å². The second-order valence-corrected chi connectivity index (χ2v) is 7.83. The Balaban J connectivity index is 1.58. The highest BCUT2D eigenvalue weighted by molar-refractivity contribution is 6.20. The fraction of sp³-hybridized carbons (Fsp3) is 0.250. The van der Waals surface area contributed by atoms with Crippen molar-refractivity contribution in [3.63, 3.8) is 0 Å². The molecule has 0 saturated carbocycles. The number of rotatable bonds is 5. The van der Waals surface area contributed by atoms with Crippen LogP contribution in [0, 0.1) is 0 Å². The van der Waals surface area contributed by atoms with Crippen molar-refractivity contribution in [1.29, 1.82) is 0 Å². The summed E-state index contributed by atoms with van der Waals surface area (Å²) in [6.07, 6.45) is 7.68. The Morgan fingerprint density at radius 3 is 2.61 bits per heavy atom. The lowest BCUT2D eigenvalue weighted by Crippen LogP contribution is -2.52. The number of para-hydroxylation sites is 1. The molecule has 0 amide bonds. The van der Waals surface area contributed by atoms with E-state index in [4.69, 9.17) is 9.73 Å². The first-order valence-corrected chi connectivity index (χ1v) is 10.8. The van der Waals surface area contributed by atoms with Crippen LogP contribution in [-0.4, -0.2) is 64.4 Å². The van der Waals surface area contributed by atoms with Crippen LogP contribution < -0.4 is 10.2 Å². The summed E-state index contributed by atoms with van der Waals surface area (Å²) in [5, 5.41) is 7.88. The molecule has 0 radical (unpaired) electrons. The lowest BCUT2D eigenvalue weighted by atomic mass is 10.1. The largest absolute Gasteiger partial charge is 0.379 e. The minimum Gasteiger partial charge on any atom is -0.379 e. The maximum Gasteiger partial charge on any atom is 0.185 e. The van der Waals surface area contributed by atoms with E-state index in [1.165, 1.54) is 0 Å². The standard InChI is InChI=1S/C24H25N7O2/c1-29-11-8-21(28-29)20-4-2-3-5-22(20)31-16-18(17-32)23(26-19-6-9-25-10-7-19)27-24(31)30-12-14-33-15-13-30/h2-11,16-17,24H,12-15H2,1H3,(H,25,26,27). The fourth-order valence-corrected chi connectivity index (χ4v) is 4.03. The molecular weight excluding hydrogens is 418 g/mol. The zero-order valence-electron chi connectivity index (χ0n) is 18.3. The second kappa shape index (κ2) is 9.35. The number of aromatic nitrogens is 3. The van der Waals surface area contributed by atoms with Crippen molar-refractivity contribution < 1.29 is 9.53 Å². The lowest BCUT2D eigenvalue weighted by Gasteiger charge is -2.41. The van der Waals surface area contributed by atoms with E-state index >= 15 is 0 Å². The molecule has 2 aliphatic heterocycles. The van der Waals surface area contributed by atoms with Crippen LogP contribution in [0.5, 0.6) is 0 Å². The average Bonchev–Trinajstić information content (AvgIpc) is 3.31. The Kier molecular flexibility index (Phi) is 5.97. The molecule has 1 saturated heterocycles. The average molecular weight is 444 g/mol. The Hall–Kier alpha value is -3.82. The summed E-state index contributed by atoms with van der Waals surface area (Å²) < 4.78 is 7.36. The number of benzene rings is 1. The highest BCUT2D eigenvalue weighted by Crippen LogP contribution is 2.34. The molecule has 4 heterocycles. The predicted octanol–water partition coefficient (Wildman–Crippen LogP) is 2.51. The number of anilines is 2. The van der Waals surface area contributed by atoms with Crippen LogP contribution in [0.15, 0.2) is 77.8 Å². The van der Waals surface area contributed by atoms with Gasteiger partial charge in [0.15, 0.2) is 12.6 Å². The van der Waals surface area contributed by atoms with E-state index in [-0.39, 0.29) is 6.29 Å². The van der Waals surface area contributed by atoms with Crippen molar-refractivity contribution in [3.8, 4) is 11.3 Å². The van der Waals surface area contributed by atoms with E-state index in [9.17, 15) is 4.79 Å². The van der Waals surface area contributed by atoms with Gasteiger partial charge in [0.1, 0.15) is 5.84 Å². The van der Waals surface area contributed by atoms with E-state index in [0.29, 0.717) is 24.6 Å². The number of amidine groups is 1. The smallest absolute Gasteiger partial charge is 0.185 e. The monoisotopic (exact) mass is 443 g/mol. The molecule has 0 aliphatic carbocycles. The topological polar surface area (TPSA) is 87.9 Å². The summed E-state index contributed by atoms with van der Waals surface area (Å²) >= 11 is 0. The number of pyridine rings is 1. The molecule has 9 nitrogen and oxygen atoms in total. The molecule has 0 bridgehead atoms. The minimum absolute atomic E-state index is 0.341. The third-order valence-corrected chi connectivity index (χ3v) is 5.66. The quantitative estimate of drug-likeness (QED) is 0.606. The molecule has 1 fully saturated rings. The molecule has 9 heteroatoms. The van der Waals surface area contributed by atoms with Crippen LogP contribution in [0.1, 0.15) is 0 Å². The van der Waals surface area contributed by atoms with Gasteiger partial charge in [0.2, 0.25) is 0 Å². The molecular formula is C24H25N7O2. The number of hydrogen-bond donors (Lipinski definition) is 1. The molecule has 168 valence electrons. The first kappa shape index (κ1) is 21.0. The molecule has 1 atom stereocenters. The van der Waals surface area contributed by atoms with Crippen LogP contribution in [0.2, 0.25) is 0 Å². The third-order valence-electron chi connectivity index (χ3n) is 5.66. The molecule has 33 heavy (non-hydrogen) atoms. The molecule has 1 N–H and O–H groups in total. The third kappa shape index (κ3) is 4.41. The van der Waals surface area contributed by atoms with Crippen molar-refractivity contribution in [2.45, 2.75) is 6.29 Å². The first-order chi connectivity index (χ1) is 16.2. The summed E-state index contributed by atoms with van der Waals surface area (Å²) in [5.41, 5.74) is 4.05. The summed E-state index contributed by atoms with van der Waals surface area (Å²) in [4.78, 5) is 25.5. The number of aldehydes is 1. The lowest BCUT2D eigenvalue weighted by molar-refractivity contribution is -0.104. The molecule has 2 aromatic heterocycles. The highest BCUT2D eigenvalue weighted by Gasteiger charge is 2.32. The van der Waals surface area contributed by atoms with Gasteiger partial charge in [0.25, 0.3) is 0 Å². The first-order valence-electron chi connectivity index (χ1n) is 10.8. The maximum absolute atomic E-state index is 12.1. The highest BCUT2D eigenvalue weighted by atomic mass is 16.5. The number of carbonyl (C=O) groups is 1. The predicted molar refractivity (Wildman–Crippen MR) is 127 cm³/mol. The van der Waals surface area contributed by atoms with Crippen molar-refractivity contribution in [1.82, 2.24) is 19.7 Å². The fourth-order valence-electron chi connectivity index (χ4n) is 4.03. The Bertz CT molecular complexity index is 1180. The van der Waals surface area contributed by atoms with Gasteiger partial charge in [0, 0.05) is 56.2 Å². The van der Waals surface area contributed by atoms with Gasteiger partial charge in [-0.05, 0) is 24.3 Å². The zero-order chi connectivity index (χ0) is 22.6. The number of carbonyl (C=O) groups excluding carboxylic acids is 1. The number of aliphatic imine (C=N–C) groups is 1. The van der Waals surface area contributed by atoms with Crippen molar-refractivity contribution in [2.75, 3.05) is 36.5 Å². The number of hydrogen-bond acceptors (Lipinski definition) is 8. The van der Waals surface area contributed by atoms with Gasteiger partial charge in [-0.3, -0.25) is 19.4 Å². The molecule has 2 aliphatic rings. The van der Waals surface area contributed by atoms with E-state index < -0.39 is 0 Å². The van der Waals surface area contributed by atoms with Gasteiger partial charge in [-0.2, -0.15) is 5.10 Å². The van der Waals surface area contributed by atoms with E-state index in [0.717, 1.165) is 42.0 Å². The number of nitrogens with zero attached hydrogens (tertiary/aromatic N) is 6. The van der Waals surface area contributed by atoms with Crippen LogP contribution in [0.25, 0.3) is 11.3 Å². The van der Waals surface area contributed by atoms with Crippen LogP contribution >= 0.6 is 0 Å². The van der Waals surface area contributed by atoms with Crippen molar-refractivity contribution in [3.05, 3.63) is 72.8 Å². The van der Waals surface area contributed by atoms with E-state index in [2.05, 4.69) is 25.2 Å². The summed E-state index contributed by atoms with van der Waals surface area (Å²) in [5.74, 6) is 0.527. The number of nitrogens with one attached hydrogen (secondary N) is 1. The van der Waals surface area contributed by atoms with Gasteiger partial charge >= 0.3 is 0 Å². The van der Waals surface area contributed by atoms with Crippen LogP contribution in [0.3, 0.4) is 0 Å². The number of morpholine rings is 1. The maximum atomic E-state index is 12.1.